The molecule has 1 aromatic carbocycles. The number of aromatic nitrogens is 1. The van der Waals surface area contributed by atoms with E-state index in [0.717, 1.165) is 18.5 Å². The number of Topliss-reactive ketones (excluding diaryl/α,β-unsaturated/α-hetero) is 1. The van der Waals surface area contributed by atoms with E-state index in [-0.39, 0.29) is 5.78 Å². The molecule has 0 spiro atoms. The maximum absolute atomic E-state index is 11.9. The fraction of sp³-hybridized carbons (Fsp3) is 0.250. The van der Waals surface area contributed by atoms with Crippen LogP contribution in [-0.4, -0.2) is 10.8 Å². The normalized spacial score (nSPS) is 10.3. The highest BCUT2D eigenvalue weighted by molar-refractivity contribution is 5.95. The first-order valence-corrected chi connectivity index (χ1v) is 6.25. The number of nitrogens with zero attached hydrogens (tertiary/aromatic N) is 1. The number of pyridine rings is 1. The Labute approximate surface area is 108 Å². The van der Waals surface area contributed by atoms with E-state index in [2.05, 4.69) is 17.1 Å². The molecule has 0 N–H and O–H groups in total. The summed E-state index contributed by atoms with van der Waals surface area (Å²) in [6, 6.07) is 14.0. The number of benzene rings is 1. The largest absolute Gasteiger partial charge is 0.294 e. The minimum atomic E-state index is 0.179. The lowest BCUT2D eigenvalue weighted by Gasteiger charge is -2.02. The second kappa shape index (κ2) is 6.10. The van der Waals surface area contributed by atoms with Crippen LogP contribution in [0.1, 0.15) is 34.5 Å². The van der Waals surface area contributed by atoms with Crippen LogP contribution in [0.3, 0.4) is 0 Å². The first kappa shape index (κ1) is 12.5. The van der Waals surface area contributed by atoms with Gasteiger partial charge < -0.3 is 0 Å². The van der Waals surface area contributed by atoms with Gasteiger partial charge in [0.25, 0.3) is 0 Å². The summed E-state index contributed by atoms with van der Waals surface area (Å²) in [5, 5.41) is 0. The number of carbonyl (C=O) groups excluding carboxylic acids is 1. The first-order chi connectivity index (χ1) is 8.75. The van der Waals surface area contributed by atoms with Crippen molar-refractivity contribution in [3.8, 4) is 0 Å². The highest BCUT2D eigenvalue weighted by Crippen LogP contribution is 2.09. The van der Waals surface area contributed by atoms with Crippen molar-refractivity contribution in [3.05, 3.63) is 65.5 Å². The molecule has 0 aliphatic heterocycles. The van der Waals surface area contributed by atoms with Crippen molar-refractivity contribution < 1.29 is 4.79 Å². The van der Waals surface area contributed by atoms with Crippen molar-refractivity contribution >= 4 is 5.78 Å². The molecule has 0 saturated carbocycles. The maximum Gasteiger partial charge on any atom is 0.164 e. The average Bonchev–Trinajstić information content (AvgIpc) is 2.40. The molecular formula is C16H17NO. The van der Waals surface area contributed by atoms with E-state index < -0.39 is 0 Å². The molecule has 0 atom stereocenters. The molecule has 2 rings (SSSR count). The molecule has 0 radical (unpaired) electrons. The van der Waals surface area contributed by atoms with Gasteiger partial charge in [0.1, 0.15) is 0 Å². The lowest BCUT2D eigenvalue weighted by Crippen LogP contribution is -2.01. The monoisotopic (exact) mass is 239 g/mol. The quantitative estimate of drug-likeness (QED) is 0.746. The molecule has 18 heavy (non-hydrogen) atoms. The molecule has 0 fully saturated rings. The van der Waals surface area contributed by atoms with Crippen molar-refractivity contribution in [2.45, 2.75) is 26.2 Å². The Morgan fingerprint density at radius 1 is 1.11 bits per heavy atom. The summed E-state index contributed by atoms with van der Waals surface area (Å²) in [6.45, 7) is 1.92. The molecule has 0 amide bonds. The van der Waals surface area contributed by atoms with Crippen molar-refractivity contribution in [2.75, 3.05) is 0 Å². The minimum absolute atomic E-state index is 0.179. The zero-order valence-corrected chi connectivity index (χ0v) is 10.6. The van der Waals surface area contributed by atoms with Crippen LogP contribution in [0.25, 0.3) is 0 Å². The van der Waals surface area contributed by atoms with Gasteiger partial charge in [-0.05, 0) is 37.5 Å². The fourth-order valence-electron chi connectivity index (χ4n) is 1.87. The summed E-state index contributed by atoms with van der Waals surface area (Å²) < 4.78 is 0. The van der Waals surface area contributed by atoms with Gasteiger partial charge in [0, 0.05) is 23.9 Å². The number of hydrogen-bond acceptors (Lipinski definition) is 2. The summed E-state index contributed by atoms with van der Waals surface area (Å²) in [4.78, 5) is 16.1. The lowest BCUT2D eigenvalue weighted by molar-refractivity contribution is 0.0980. The van der Waals surface area contributed by atoms with Crippen LogP contribution < -0.4 is 0 Å². The number of aryl methyl sites for hydroxylation is 2. The third kappa shape index (κ3) is 3.52. The van der Waals surface area contributed by atoms with Crippen LogP contribution in [0.5, 0.6) is 0 Å². The van der Waals surface area contributed by atoms with Crippen molar-refractivity contribution in [1.82, 2.24) is 4.98 Å². The Morgan fingerprint density at radius 2 is 1.89 bits per heavy atom. The summed E-state index contributed by atoms with van der Waals surface area (Å²) >= 11 is 0. The Kier molecular flexibility index (Phi) is 4.24. The smallest absolute Gasteiger partial charge is 0.164 e. The van der Waals surface area contributed by atoms with E-state index >= 15 is 0 Å². The molecule has 0 unspecified atom stereocenters. The third-order valence-corrected chi connectivity index (χ3v) is 2.95. The zero-order valence-electron chi connectivity index (χ0n) is 10.6. The highest BCUT2D eigenvalue weighted by atomic mass is 16.1. The molecule has 0 saturated heterocycles. The van der Waals surface area contributed by atoms with Crippen LogP contribution in [0.4, 0.5) is 0 Å². The summed E-state index contributed by atoms with van der Waals surface area (Å²) in [6.07, 6.45) is 4.09. The van der Waals surface area contributed by atoms with Crippen LogP contribution in [-0.2, 0) is 6.42 Å². The van der Waals surface area contributed by atoms with Crippen molar-refractivity contribution in [3.63, 3.8) is 0 Å². The summed E-state index contributed by atoms with van der Waals surface area (Å²) in [7, 11) is 0. The fourth-order valence-corrected chi connectivity index (χ4v) is 1.87. The Hall–Kier alpha value is -1.96. The molecule has 2 heteroatoms. The molecule has 2 nitrogen and oxygen atoms in total. The maximum atomic E-state index is 11.9. The SMILES string of the molecule is Cc1ccc(C(=O)CCCc2ccccc2)cn1. The minimum Gasteiger partial charge on any atom is -0.294 e. The van der Waals surface area contributed by atoms with E-state index in [4.69, 9.17) is 0 Å². The standard InChI is InChI=1S/C16H17NO/c1-13-10-11-15(12-17-13)16(18)9-5-8-14-6-3-2-4-7-14/h2-4,6-7,10-12H,5,8-9H2,1H3. The zero-order chi connectivity index (χ0) is 12.8. The number of hydrogen-bond donors (Lipinski definition) is 0. The van der Waals surface area contributed by atoms with Crippen LogP contribution >= 0.6 is 0 Å². The Bertz CT molecular complexity index is 502. The van der Waals surface area contributed by atoms with E-state index in [1.807, 2.05) is 37.3 Å². The van der Waals surface area contributed by atoms with Crippen LogP contribution in [0, 0.1) is 6.92 Å². The van der Waals surface area contributed by atoms with Gasteiger partial charge >= 0.3 is 0 Å². The predicted octanol–water partition coefficient (Wildman–Crippen LogP) is 3.60. The van der Waals surface area contributed by atoms with Gasteiger partial charge in [0.2, 0.25) is 0 Å². The van der Waals surface area contributed by atoms with E-state index in [9.17, 15) is 4.79 Å². The second-order valence-corrected chi connectivity index (χ2v) is 4.45. The number of carbonyl (C=O) groups is 1. The summed E-state index contributed by atoms with van der Waals surface area (Å²) in [5.41, 5.74) is 2.94. The summed E-state index contributed by atoms with van der Waals surface area (Å²) in [5.74, 6) is 0.179. The molecule has 2 aromatic rings. The van der Waals surface area contributed by atoms with Gasteiger partial charge in [0.15, 0.2) is 5.78 Å². The lowest BCUT2D eigenvalue weighted by atomic mass is 10.0. The number of ketones is 1. The second-order valence-electron chi connectivity index (χ2n) is 4.45. The van der Waals surface area contributed by atoms with Crippen molar-refractivity contribution in [2.24, 2.45) is 0 Å². The van der Waals surface area contributed by atoms with Crippen LogP contribution in [0.15, 0.2) is 48.7 Å². The third-order valence-electron chi connectivity index (χ3n) is 2.95. The predicted molar refractivity (Wildman–Crippen MR) is 72.7 cm³/mol. The van der Waals surface area contributed by atoms with Crippen LogP contribution in [0.2, 0.25) is 0 Å². The van der Waals surface area contributed by atoms with Gasteiger partial charge in [-0.15, -0.1) is 0 Å². The van der Waals surface area contributed by atoms with E-state index in [1.165, 1.54) is 5.56 Å². The average molecular weight is 239 g/mol. The van der Waals surface area contributed by atoms with Gasteiger partial charge in [-0.2, -0.15) is 0 Å². The molecule has 1 aromatic heterocycles. The highest BCUT2D eigenvalue weighted by Gasteiger charge is 2.05. The van der Waals surface area contributed by atoms with E-state index in [1.54, 1.807) is 6.20 Å². The topological polar surface area (TPSA) is 30.0 Å². The molecule has 1 heterocycles. The molecule has 0 bridgehead atoms. The van der Waals surface area contributed by atoms with Gasteiger partial charge in [-0.3, -0.25) is 9.78 Å². The Morgan fingerprint density at radius 3 is 2.56 bits per heavy atom. The molecule has 0 aliphatic rings. The Balaban J connectivity index is 1.84. The first-order valence-electron chi connectivity index (χ1n) is 6.25. The van der Waals surface area contributed by atoms with Gasteiger partial charge in [0.05, 0.1) is 0 Å². The van der Waals surface area contributed by atoms with E-state index in [0.29, 0.717) is 12.0 Å². The molecule has 0 aliphatic carbocycles. The number of rotatable bonds is 5. The molecule has 92 valence electrons. The van der Waals surface area contributed by atoms with Gasteiger partial charge in [-0.1, -0.05) is 30.3 Å². The van der Waals surface area contributed by atoms with Crippen molar-refractivity contribution in [1.29, 1.82) is 0 Å². The molecular weight excluding hydrogens is 222 g/mol. The van der Waals surface area contributed by atoms with Gasteiger partial charge in [-0.25, -0.2) is 0 Å².